The Balaban J connectivity index is 1.42. The van der Waals surface area contributed by atoms with Gasteiger partial charge in [0.05, 0.1) is 13.2 Å². The van der Waals surface area contributed by atoms with Crippen LogP contribution in [0, 0.1) is 20.8 Å². The van der Waals surface area contributed by atoms with Crippen LogP contribution in [0.4, 0.5) is 5.69 Å². The highest BCUT2D eigenvalue weighted by molar-refractivity contribution is 5.99. The van der Waals surface area contributed by atoms with Crippen molar-refractivity contribution in [2.24, 2.45) is 0 Å². The monoisotopic (exact) mass is 594 g/mol. The Hall–Kier alpha value is -5.02. The van der Waals surface area contributed by atoms with Gasteiger partial charge < -0.3 is 25.0 Å². The van der Waals surface area contributed by atoms with Crippen molar-refractivity contribution < 1.29 is 23.9 Å². The number of anilines is 1. The highest BCUT2D eigenvalue weighted by atomic mass is 16.5. The molecule has 9 nitrogen and oxygen atoms in total. The number of nitrogens with zero attached hydrogens (tertiary/aromatic N) is 2. The zero-order valence-corrected chi connectivity index (χ0v) is 26.0. The van der Waals surface area contributed by atoms with Crippen molar-refractivity contribution in [2.45, 2.75) is 34.0 Å². The second-order valence-electron chi connectivity index (χ2n) is 10.5. The first-order valence-corrected chi connectivity index (χ1v) is 14.3. The van der Waals surface area contributed by atoms with E-state index in [2.05, 4.69) is 10.6 Å². The number of nitrogens with one attached hydrogen (secondary N) is 2. The smallest absolute Gasteiger partial charge is 0.251 e. The fourth-order valence-corrected chi connectivity index (χ4v) is 4.98. The van der Waals surface area contributed by atoms with Crippen molar-refractivity contribution in [2.75, 3.05) is 32.6 Å². The van der Waals surface area contributed by atoms with Crippen LogP contribution in [0.15, 0.2) is 66.7 Å². The van der Waals surface area contributed by atoms with Crippen LogP contribution in [0.3, 0.4) is 0 Å². The maximum atomic E-state index is 13.0. The Labute approximate surface area is 257 Å². The molecule has 1 heterocycles. The number of carbonyl (C=O) groups excluding carboxylic acids is 3. The number of aryl methyl sites for hydroxylation is 2. The summed E-state index contributed by atoms with van der Waals surface area (Å²) in [5.74, 6) is -0.168. The van der Waals surface area contributed by atoms with Gasteiger partial charge in [-0.1, -0.05) is 30.3 Å². The number of aromatic nitrogens is 1. The summed E-state index contributed by atoms with van der Waals surface area (Å²) in [7, 11) is 4.93. The molecule has 0 saturated carbocycles. The summed E-state index contributed by atoms with van der Waals surface area (Å²) in [6.07, 6.45) is 2.98. The van der Waals surface area contributed by atoms with E-state index < -0.39 is 5.91 Å². The summed E-state index contributed by atoms with van der Waals surface area (Å²) in [6, 6.07) is 18.6. The van der Waals surface area contributed by atoms with Gasteiger partial charge in [-0.2, -0.15) is 0 Å². The average Bonchev–Trinajstić information content (AvgIpc) is 3.02. The zero-order chi connectivity index (χ0) is 31.8. The lowest BCUT2D eigenvalue weighted by Gasteiger charge is -2.23. The number of hydrogen-bond acceptors (Lipinski definition) is 6. The number of ether oxygens (including phenoxy) is 2. The molecule has 2 N–H and O–H groups in total. The third-order valence-corrected chi connectivity index (χ3v) is 7.47. The van der Waals surface area contributed by atoms with Crippen molar-refractivity contribution in [3.63, 3.8) is 0 Å². The predicted molar refractivity (Wildman–Crippen MR) is 173 cm³/mol. The van der Waals surface area contributed by atoms with E-state index in [1.807, 2.05) is 57.2 Å². The van der Waals surface area contributed by atoms with Gasteiger partial charge in [0.2, 0.25) is 11.8 Å². The summed E-state index contributed by atoms with van der Waals surface area (Å²) in [4.78, 5) is 43.4. The van der Waals surface area contributed by atoms with Crippen LogP contribution in [0.1, 0.15) is 43.9 Å². The molecular weight excluding hydrogens is 556 g/mol. The first-order valence-electron chi connectivity index (χ1n) is 14.3. The molecule has 44 heavy (non-hydrogen) atoms. The van der Waals surface area contributed by atoms with E-state index in [1.165, 1.54) is 6.08 Å². The Morgan fingerprint density at radius 3 is 2.43 bits per heavy atom. The van der Waals surface area contributed by atoms with E-state index in [9.17, 15) is 14.4 Å². The lowest BCUT2D eigenvalue weighted by molar-refractivity contribution is -0.122. The number of fused-ring (bicyclic) bond motifs is 1. The summed E-state index contributed by atoms with van der Waals surface area (Å²) < 4.78 is 11.7. The zero-order valence-electron chi connectivity index (χ0n) is 26.0. The van der Waals surface area contributed by atoms with E-state index in [4.69, 9.17) is 14.5 Å². The minimum absolute atomic E-state index is 0.167. The number of rotatable bonds is 11. The molecule has 0 atom stereocenters. The van der Waals surface area contributed by atoms with Crippen LogP contribution in [-0.2, 0) is 27.5 Å². The number of hydrogen-bond donors (Lipinski definition) is 2. The fraction of sp³-hybridized carbons (Fsp3) is 0.257. The second-order valence-corrected chi connectivity index (χ2v) is 10.5. The Kier molecular flexibility index (Phi) is 10.5. The lowest BCUT2D eigenvalue weighted by Crippen LogP contribution is -2.38. The number of carbonyl (C=O) groups is 3. The molecular formula is C35H38N4O5. The molecule has 1 aromatic heterocycles. The molecule has 0 radical (unpaired) electrons. The van der Waals surface area contributed by atoms with Crippen LogP contribution in [-0.4, -0.2) is 50.5 Å². The number of pyridine rings is 1. The average molecular weight is 595 g/mol. The molecule has 4 aromatic rings. The van der Waals surface area contributed by atoms with Crippen LogP contribution < -0.4 is 20.3 Å². The SMILES string of the molecule is CNC(=O)c1ccc(C=CC(=O)NCC(=O)N(C)c2ccc(C)c(COc3cccc4c(COC)cc(C)nc34)c2C)cc1. The molecule has 0 saturated heterocycles. The van der Waals surface area contributed by atoms with Gasteiger partial charge in [0, 0.05) is 49.6 Å². The van der Waals surface area contributed by atoms with Gasteiger partial charge in [0.15, 0.2) is 0 Å². The van der Waals surface area contributed by atoms with E-state index in [-0.39, 0.29) is 18.4 Å². The molecule has 0 aliphatic heterocycles. The normalized spacial score (nSPS) is 11.0. The maximum absolute atomic E-state index is 13.0. The Morgan fingerprint density at radius 1 is 0.977 bits per heavy atom. The molecule has 4 rings (SSSR count). The van der Waals surface area contributed by atoms with E-state index in [0.717, 1.165) is 50.1 Å². The van der Waals surface area contributed by atoms with Gasteiger partial charge in [-0.25, -0.2) is 4.98 Å². The molecule has 0 fully saturated rings. The molecule has 0 aliphatic rings. The quantitative estimate of drug-likeness (QED) is 0.236. The summed E-state index contributed by atoms with van der Waals surface area (Å²) in [5, 5.41) is 6.20. The number of benzene rings is 3. The Morgan fingerprint density at radius 2 is 1.73 bits per heavy atom. The molecule has 9 heteroatoms. The topological polar surface area (TPSA) is 110 Å². The summed E-state index contributed by atoms with van der Waals surface area (Å²) in [5.41, 5.74) is 7.65. The first kappa shape index (κ1) is 31.9. The molecule has 0 aliphatic carbocycles. The standard InChI is InChI=1S/C35H38N4O5/c1-22-10-16-30(39(5)33(41)19-37-32(40)17-13-25-11-14-26(15-12-25)35(42)36-4)24(3)29(22)21-44-31-9-7-8-28-27(20-43-6)18-23(2)38-34(28)31/h7-18H,19-21H2,1-6H3,(H,36,42)(H,37,40). The van der Waals surface area contributed by atoms with Gasteiger partial charge in [-0.3, -0.25) is 14.4 Å². The molecule has 3 amide bonds. The number of amides is 3. The van der Waals surface area contributed by atoms with Crippen LogP contribution in [0.5, 0.6) is 5.75 Å². The van der Waals surface area contributed by atoms with Crippen LogP contribution in [0.25, 0.3) is 17.0 Å². The minimum Gasteiger partial charge on any atom is -0.487 e. The van der Waals surface area contributed by atoms with E-state index in [1.54, 1.807) is 56.4 Å². The summed E-state index contributed by atoms with van der Waals surface area (Å²) in [6.45, 7) is 6.54. The predicted octanol–water partition coefficient (Wildman–Crippen LogP) is 5.04. The van der Waals surface area contributed by atoms with Gasteiger partial charge in [0.1, 0.15) is 17.9 Å². The molecule has 3 aromatic carbocycles. The van der Waals surface area contributed by atoms with E-state index >= 15 is 0 Å². The van der Waals surface area contributed by atoms with Crippen molar-refractivity contribution in [1.82, 2.24) is 15.6 Å². The van der Waals surface area contributed by atoms with Crippen LogP contribution in [0.2, 0.25) is 0 Å². The molecule has 228 valence electrons. The summed E-state index contributed by atoms with van der Waals surface area (Å²) >= 11 is 0. The lowest BCUT2D eigenvalue weighted by atomic mass is 10.0. The van der Waals surface area contributed by atoms with Crippen molar-refractivity contribution in [3.05, 3.63) is 106 Å². The number of methoxy groups -OCH3 is 1. The van der Waals surface area contributed by atoms with Gasteiger partial charge in [0.25, 0.3) is 5.91 Å². The van der Waals surface area contributed by atoms with Crippen molar-refractivity contribution in [1.29, 1.82) is 0 Å². The largest absolute Gasteiger partial charge is 0.487 e. The highest BCUT2D eigenvalue weighted by Gasteiger charge is 2.18. The highest BCUT2D eigenvalue weighted by Crippen LogP contribution is 2.30. The molecule has 0 bridgehead atoms. The van der Waals surface area contributed by atoms with E-state index in [0.29, 0.717) is 24.5 Å². The molecule has 0 unspecified atom stereocenters. The maximum Gasteiger partial charge on any atom is 0.251 e. The third kappa shape index (κ3) is 7.48. The van der Waals surface area contributed by atoms with Crippen LogP contribution >= 0.6 is 0 Å². The van der Waals surface area contributed by atoms with Crippen molar-refractivity contribution >= 4 is 40.4 Å². The minimum atomic E-state index is -0.399. The first-order chi connectivity index (χ1) is 21.1. The van der Waals surface area contributed by atoms with Gasteiger partial charge in [-0.15, -0.1) is 0 Å². The number of likely N-dealkylation sites (N-methyl/N-ethyl adjacent to an activating group) is 1. The van der Waals surface area contributed by atoms with Gasteiger partial charge >= 0.3 is 0 Å². The second kappa shape index (κ2) is 14.4. The Bertz CT molecular complexity index is 1710. The van der Waals surface area contributed by atoms with Crippen molar-refractivity contribution in [3.8, 4) is 5.75 Å². The third-order valence-electron chi connectivity index (χ3n) is 7.47. The number of para-hydroxylation sites is 1. The molecule has 0 spiro atoms. The van der Waals surface area contributed by atoms with Gasteiger partial charge in [-0.05, 0) is 85.0 Å². The fourth-order valence-electron chi connectivity index (χ4n) is 4.98.